The first-order chi connectivity index (χ1) is 9.99. The molecule has 0 saturated carbocycles. The van der Waals surface area contributed by atoms with Gasteiger partial charge in [0.2, 0.25) is 0 Å². The smallest absolute Gasteiger partial charge is 0.341 e. The minimum absolute atomic E-state index is 0.233. The minimum Gasteiger partial charge on any atom is -0.462 e. The van der Waals surface area contributed by atoms with Crippen molar-refractivity contribution in [3.8, 4) is 12.3 Å². The van der Waals surface area contributed by atoms with E-state index in [4.69, 9.17) is 11.2 Å². The van der Waals surface area contributed by atoms with Crippen LogP contribution in [-0.2, 0) is 11.8 Å². The number of pyridine rings is 1. The van der Waals surface area contributed by atoms with Gasteiger partial charge in [0.1, 0.15) is 5.56 Å². The molecule has 0 fully saturated rings. The zero-order chi connectivity index (χ0) is 15.6. The molecule has 6 nitrogen and oxygen atoms in total. The number of fused-ring (bicyclic) bond motifs is 1. The Morgan fingerprint density at radius 1 is 1.62 bits per heavy atom. The van der Waals surface area contributed by atoms with E-state index in [1.807, 2.05) is 13.8 Å². The number of esters is 1. The molecule has 1 unspecified atom stereocenters. The van der Waals surface area contributed by atoms with Crippen LogP contribution in [0.1, 0.15) is 29.9 Å². The number of terminal acetylenes is 1. The molecule has 0 aliphatic carbocycles. The summed E-state index contributed by atoms with van der Waals surface area (Å²) in [4.78, 5) is 16.4. The molecule has 21 heavy (non-hydrogen) atoms. The average molecular weight is 286 g/mol. The summed E-state index contributed by atoms with van der Waals surface area (Å²) in [6.07, 6.45) is 6.92. The maximum absolute atomic E-state index is 12.1. The van der Waals surface area contributed by atoms with Crippen LogP contribution in [0.2, 0.25) is 0 Å². The number of carbonyl (C=O) groups excluding carboxylic acids is 1. The zero-order valence-corrected chi connectivity index (χ0v) is 12.6. The Balaban J connectivity index is 2.68. The van der Waals surface area contributed by atoms with Gasteiger partial charge in [0.05, 0.1) is 29.4 Å². The van der Waals surface area contributed by atoms with Crippen LogP contribution in [0.25, 0.3) is 11.0 Å². The molecule has 0 aliphatic rings. The molecule has 6 heteroatoms. The molecule has 0 amide bonds. The summed E-state index contributed by atoms with van der Waals surface area (Å²) in [5, 5.41) is 8.29. The van der Waals surface area contributed by atoms with Crippen LogP contribution < -0.4 is 5.32 Å². The number of ether oxygens (including phenoxy) is 1. The molecular weight excluding hydrogens is 268 g/mol. The number of nitrogens with zero attached hydrogens (tertiary/aromatic N) is 3. The Labute approximate surface area is 123 Å². The first-order valence-electron chi connectivity index (χ1n) is 6.71. The van der Waals surface area contributed by atoms with Gasteiger partial charge in [-0.25, -0.2) is 9.78 Å². The third kappa shape index (κ3) is 2.68. The van der Waals surface area contributed by atoms with Crippen LogP contribution in [0.5, 0.6) is 0 Å². The number of hydrogen-bond acceptors (Lipinski definition) is 5. The van der Waals surface area contributed by atoms with Crippen LogP contribution in [0.3, 0.4) is 0 Å². The molecule has 2 aromatic heterocycles. The van der Waals surface area contributed by atoms with Gasteiger partial charge in [-0.2, -0.15) is 5.10 Å². The van der Waals surface area contributed by atoms with Gasteiger partial charge in [-0.1, -0.05) is 5.92 Å². The van der Waals surface area contributed by atoms with Gasteiger partial charge in [0, 0.05) is 13.2 Å². The van der Waals surface area contributed by atoms with Gasteiger partial charge in [-0.3, -0.25) is 4.68 Å². The van der Waals surface area contributed by atoms with E-state index in [9.17, 15) is 4.79 Å². The lowest BCUT2D eigenvalue weighted by Gasteiger charge is -2.14. The number of hydrogen-bond donors (Lipinski definition) is 1. The van der Waals surface area contributed by atoms with E-state index in [-0.39, 0.29) is 6.04 Å². The SMILES string of the molecule is C#CC(C)Nc1c(C(=O)OCC)cnc2c1c(C)nn2C. The van der Waals surface area contributed by atoms with Crippen molar-refractivity contribution in [1.82, 2.24) is 14.8 Å². The number of carbonyl (C=O) groups is 1. The Kier molecular flexibility index (Phi) is 4.13. The van der Waals surface area contributed by atoms with Gasteiger partial charge >= 0.3 is 5.97 Å². The van der Waals surface area contributed by atoms with Crippen molar-refractivity contribution in [2.45, 2.75) is 26.8 Å². The predicted octanol–water partition coefficient (Wildman–Crippen LogP) is 1.89. The number of nitrogens with one attached hydrogen (secondary N) is 1. The highest BCUT2D eigenvalue weighted by molar-refractivity contribution is 6.05. The lowest BCUT2D eigenvalue weighted by molar-refractivity contribution is 0.0527. The predicted molar refractivity (Wildman–Crippen MR) is 81.1 cm³/mol. The second kappa shape index (κ2) is 5.83. The lowest BCUT2D eigenvalue weighted by Crippen LogP contribution is -2.17. The maximum Gasteiger partial charge on any atom is 0.341 e. The standard InChI is InChI=1S/C15H18N4O2/c1-6-9(3)17-13-11(15(20)21-7-2)8-16-14-12(13)10(4)18-19(14)5/h1,8-9H,7H2,2-5H3,(H,16,17). The summed E-state index contributed by atoms with van der Waals surface area (Å²) in [5.74, 6) is 2.16. The average Bonchev–Trinajstić information content (AvgIpc) is 2.74. The molecule has 0 spiro atoms. The second-order valence-electron chi connectivity index (χ2n) is 4.71. The normalized spacial score (nSPS) is 12.0. The fraction of sp³-hybridized carbons (Fsp3) is 0.400. The molecule has 2 aromatic rings. The van der Waals surface area contributed by atoms with E-state index in [1.165, 1.54) is 6.20 Å². The maximum atomic E-state index is 12.1. The Hall–Kier alpha value is -2.55. The molecule has 0 aliphatic heterocycles. The number of aryl methyl sites for hydroxylation is 2. The summed E-state index contributed by atoms with van der Waals surface area (Å²) in [6, 6.07) is -0.233. The molecular formula is C15H18N4O2. The van der Waals surface area contributed by atoms with Crippen LogP contribution in [-0.4, -0.2) is 33.4 Å². The highest BCUT2D eigenvalue weighted by Crippen LogP contribution is 2.29. The van der Waals surface area contributed by atoms with Crippen LogP contribution in [0, 0.1) is 19.3 Å². The zero-order valence-electron chi connectivity index (χ0n) is 12.6. The highest BCUT2D eigenvalue weighted by Gasteiger charge is 2.21. The van der Waals surface area contributed by atoms with Crippen molar-refractivity contribution in [3.63, 3.8) is 0 Å². The molecule has 1 atom stereocenters. The minimum atomic E-state index is -0.429. The summed E-state index contributed by atoms with van der Waals surface area (Å²) in [7, 11) is 1.81. The molecule has 0 bridgehead atoms. The van der Waals surface area contributed by atoms with Crippen LogP contribution in [0.15, 0.2) is 6.20 Å². The topological polar surface area (TPSA) is 69.0 Å². The molecule has 0 aromatic carbocycles. The van der Waals surface area contributed by atoms with Crippen molar-refractivity contribution in [2.75, 3.05) is 11.9 Å². The van der Waals surface area contributed by atoms with E-state index >= 15 is 0 Å². The van der Waals surface area contributed by atoms with Crippen LogP contribution >= 0.6 is 0 Å². The molecule has 0 radical (unpaired) electrons. The Bertz CT molecular complexity index is 727. The van der Waals surface area contributed by atoms with Gasteiger partial charge in [-0.05, 0) is 20.8 Å². The molecule has 2 heterocycles. The molecule has 0 saturated heterocycles. The number of anilines is 1. The largest absolute Gasteiger partial charge is 0.462 e. The van der Waals surface area contributed by atoms with Crippen molar-refractivity contribution < 1.29 is 9.53 Å². The first kappa shape index (κ1) is 14.9. The highest BCUT2D eigenvalue weighted by atomic mass is 16.5. The Morgan fingerprint density at radius 2 is 2.33 bits per heavy atom. The number of rotatable bonds is 4. The third-order valence-corrected chi connectivity index (χ3v) is 3.13. The second-order valence-corrected chi connectivity index (χ2v) is 4.71. The monoisotopic (exact) mass is 286 g/mol. The summed E-state index contributed by atoms with van der Waals surface area (Å²) in [5.41, 5.74) is 2.45. The van der Waals surface area contributed by atoms with E-state index in [0.717, 1.165) is 11.1 Å². The van der Waals surface area contributed by atoms with Crippen molar-refractivity contribution >= 4 is 22.7 Å². The van der Waals surface area contributed by atoms with E-state index in [2.05, 4.69) is 21.3 Å². The quantitative estimate of drug-likeness (QED) is 0.686. The molecule has 110 valence electrons. The van der Waals surface area contributed by atoms with Crippen molar-refractivity contribution in [1.29, 1.82) is 0 Å². The van der Waals surface area contributed by atoms with E-state index in [1.54, 1.807) is 18.7 Å². The fourth-order valence-electron chi connectivity index (χ4n) is 2.18. The number of aromatic nitrogens is 3. The molecule has 1 N–H and O–H groups in total. The summed E-state index contributed by atoms with van der Waals surface area (Å²) >= 11 is 0. The first-order valence-corrected chi connectivity index (χ1v) is 6.71. The van der Waals surface area contributed by atoms with Gasteiger partial charge in [0.15, 0.2) is 5.65 Å². The summed E-state index contributed by atoms with van der Waals surface area (Å²) < 4.78 is 6.75. The van der Waals surface area contributed by atoms with Crippen LogP contribution in [0.4, 0.5) is 5.69 Å². The fourth-order valence-corrected chi connectivity index (χ4v) is 2.18. The molecule has 2 rings (SSSR count). The van der Waals surface area contributed by atoms with Gasteiger partial charge < -0.3 is 10.1 Å². The van der Waals surface area contributed by atoms with Crippen molar-refractivity contribution in [2.24, 2.45) is 7.05 Å². The third-order valence-electron chi connectivity index (χ3n) is 3.13. The van der Waals surface area contributed by atoms with Gasteiger partial charge in [0.25, 0.3) is 0 Å². The lowest BCUT2D eigenvalue weighted by atomic mass is 10.1. The van der Waals surface area contributed by atoms with Gasteiger partial charge in [-0.15, -0.1) is 6.42 Å². The van der Waals surface area contributed by atoms with E-state index in [0.29, 0.717) is 23.5 Å². The Morgan fingerprint density at radius 3 is 2.95 bits per heavy atom. The van der Waals surface area contributed by atoms with E-state index < -0.39 is 5.97 Å². The summed E-state index contributed by atoms with van der Waals surface area (Å²) in [6.45, 7) is 5.76. The van der Waals surface area contributed by atoms with Crippen molar-refractivity contribution in [3.05, 3.63) is 17.5 Å².